The molecule has 0 aliphatic carbocycles. The maximum absolute atomic E-state index is 10.1. The molecule has 0 rings (SSSR count). The Bertz CT molecular complexity index is 193. The molecule has 4 N–H and O–H groups in total. The van der Waals surface area contributed by atoms with Crippen LogP contribution in [0.4, 0.5) is 0 Å². The summed E-state index contributed by atoms with van der Waals surface area (Å²) in [5, 5.41) is 33.5. The molecule has 0 saturated heterocycles. The summed E-state index contributed by atoms with van der Waals surface area (Å²) in [5.41, 5.74) is 0. The molecular weight excluding hydrogens is 242 g/mol. The second-order valence-electron chi connectivity index (χ2n) is 3.61. The highest BCUT2D eigenvalue weighted by atomic mass is 16.4. The Morgan fingerprint density at radius 1 is 0.889 bits per heavy atom. The SMILES string of the molecule is CC(=O)CCC(=O)O.OCCN(CCO)CCO. The van der Waals surface area contributed by atoms with Gasteiger partial charge in [0.25, 0.3) is 0 Å². The molecule has 0 atom stereocenters. The summed E-state index contributed by atoms with van der Waals surface area (Å²) in [6.45, 7) is 3.13. The Labute approximate surface area is 107 Å². The van der Waals surface area contributed by atoms with Crippen molar-refractivity contribution < 1.29 is 30.0 Å². The largest absolute Gasteiger partial charge is 0.481 e. The normalized spacial score (nSPS) is 9.83. The number of aliphatic carboxylic acids is 1. The van der Waals surface area contributed by atoms with Gasteiger partial charge in [-0.3, -0.25) is 9.69 Å². The van der Waals surface area contributed by atoms with E-state index in [2.05, 4.69) is 0 Å². The molecule has 0 aliphatic rings. The fourth-order valence-electron chi connectivity index (χ4n) is 1.04. The Balaban J connectivity index is 0. The van der Waals surface area contributed by atoms with Gasteiger partial charge in [-0.2, -0.15) is 0 Å². The predicted molar refractivity (Wildman–Crippen MR) is 65.2 cm³/mol. The molecule has 0 spiro atoms. The van der Waals surface area contributed by atoms with Gasteiger partial charge in [-0.15, -0.1) is 0 Å². The molecule has 0 amide bonds. The molecule has 108 valence electrons. The van der Waals surface area contributed by atoms with Crippen LogP contribution in [0.15, 0.2) is 0 Å². The number of rotatable bonds is 9. The monoisotopic (exact) mass is 265 g/mol. The van der Waals surface area contributed by atoms with Gasteiger partial charge in [0.1, 0.15) is 5.78 Å². The van der Waals surface area contributed by atoms with Crippen molar-refractivity contribution in [3.63, 3.8) is 0 Å². The second-order valence-corrected chi connectivity index (χ2v) is 3.61. The fraction of sp³-hybridized carbons (Fsp3) is 0.818. The van der Waals surface area contributed by atoms with Crippen LogP contribution < -0.4 is 0 Å². The van der Waals surface area contributed by atoms with Crippen molar-refractivity contribution in [3.8, 4) is 0 Å². The van der Waals surface area contributed by atoms with E-state index in [-0.39, 0.29) is 38.4 Å². The van der Waals surface area contributed by atoms with E-state index < -0.39 is 5.97 Å². The van der Waals surface area contributed by atoms with E-state index >= 15 is 0 Å². The van der Waals surface area contributed by atoms with Crippen LogP contribution in [0.1, 0.15) is 19.8 Å². The van der Waals surface area contributed by atoms with Crippen LogP contribution in [-0.2, 0) is 9.59 Å². The van der Waals surface area contributed by atoms with E-state index in [4.69, 9.17) is 20.4 Å². The Morgan fingerprint density at radius 3 is 1.44 bits per heavy atom. The van der Waals surface area contributed by atoms with Crippen molar-refractivity contribution >= 4 is 11.8 Å². The molecule has 7 heteroatoms. The summed E-state index contributed by atoms with van der Waals surface area (Å²) < 4.78 is 0. The first-order chi connectivity index (χ1) is 8.47. The summed E-state index contributed by atoms with van der Waals surface area (Å²) >= 11 is 0. The van der Waals surface area contributed by atoms with E-state index in [0.29, 0.717) is 19.6 Å². The average molecular weight is 265 g/mol. The predicted octanol–water partition coefficient (Wildman–Crippen LogP) is -1.29. The fourth-order valence-corrected chi connectivity index (χ4v) is 1.04. The molecule has 0 fully saturated rings. The molecule has 0 radical (unpaired) electrons. The van der Waals surface area contributed by atoms with Crippen LogP contribution in [0.25, 0.3) is 0 Å². The second kappa shape index (κ2) is 14.0. The van der Waals surface area contributed by atoms with Gasteiger partial charge < -0.3 is 25.2 Å². The quantitative estimate of drug-likeness (QED) is 0.409. The highest BCUT2D eigenvalue weighted by Gasteiger charge is 2.00. The third-order valence-electron chi connectivity index (χ3n) is 1.94. The van der Waals surface area contributed by atoms with E-state index in [1.165, 1.54) is 6.92 Å². The molecular formula is C11H23NO6. The van der Waals surface area contributed by atoms with E-state index in [1.807, 2.05) is 0 Å². The average Bonchev–Trinajstić information content (AvgIpc) is 2.28. The standard InChI is InChI=1S/C6H15NO3.C5H8O3/c8-4-1-7(2-5-9)3-6-10;1-4(6)2-3-5(7)8/h8-10H,1-6H2;2-3H2,1H3,(H,7,8). The molecule has 7 nitrogen and oxygen atoms in total. The van der Waals surface area contributed by atoms with Crippen molar-refractivity contribution in [2.75, 3.05) is 39.5 Å². The number of hydrogen-bond donors (Lipinski definition) is 4. The topological polar surface area (TPSA) is 118 Å². The minimum atomic E-state index is -0.916. The molecule has 0 aromatic heterocycles. The number of carbonyl (C=O) groups excluding carboxylic acids is 1. The minimum Gasteiger partial charge on any atom is -0.481 e. The van der Waals surface area contributed by atoms with Crippen molar-refractivity contribution in [3.05, 3.63) is 0 Å². The molecule has 0 heterocycles. The summed E-state index contributed by atoms with van der Waals surface area (Å²) in [7, 11) is 0. The highest BCUT2D eigenvalue weighted by Crippen LogP contribution is 1.88. The van der Waals surface area contributed by atoms with Gasteiger partial charge in [0.05, 0.1) is 26.2 Å². The van der Waals surface area contributed by atoms with E-state index in [1.54, 1.807) is 4.90 Å². The Kier molecular flexibility index (Phi) is 15.1. The Hall–Kier alpha value is -1.02. The molecule has 0 aliphatic heterocycles. The van der Waals surface area contributed by atoms with Gasteiger partial charge in [0.15, 0.2) is 0 Å². The number of carboxylic acid groups (broad SMARTS) is 1. The first kappa shape index (κ1) is 19.3. The van der Waals surface area contributed by atoms with Crippen molar-refractivity contribution in [1.82, 2.24) is 4.90 Å². The molecule has 0 saturated carbocycles. The van der Waals surface area contributed by atoms with Crippen LogP contribution in [0.3, 0.4) is 0 Å². The van der Waals surface area contributed by atoms with Gasteiger partial charge in [0, 0.05) is 26.1 Å². The number of ketones is 1. The maximum Gasteiger partial charge on any atom is 0.303 e. The molecule has 0 bridgehead atoms. The number of aliphatic hydroxyl groups excluding tert-OH is 3. The third kappa shape index (κ3) is 17.4. The molecule has 18 heavy (non-hydrogen) atoms. The van der Waals surface area contributed by atoms with Crippen LogP contribution in [0.2, 0.25) is 0 Å². The molecule has 0 unspecified atom stereocenters. The van der Waals surface area contributed by atoms with Crippen molar-refractivity contribution in [2.24, 2.45) is 0 Å². The van der Waals surface area contributed by atoms with Crippen molar-refractivity contribution in [1.29, 1.82) is 0 Å². The first-order valence-electron chi connectivity index (χ1n) is 5.74. The molecule has 0 aromatic rings. The number of aliphatic hydroxyl groups is 3. The lowest BCUT2D eigenvalue weighted by atomic mass is 10.2. The lowest BCUT2D eigenvalue weighted by Crippen LogP contribution is -2.32. The summed E-state index contributed by atoms with van der Waals surface area (Å²) in [5.74, 6) is -0.993. The van der Waals surface area contributed by atoms with Gasteiger partial charge in [0.2, 0.25) is 0 Å². The van der Waals surface area contributed by atoms with Crippen LogP contribution in [-0.4, -0.2) is 76.5 Å². The minimum absolute atomic E-state index is 0.0463. The van der Waals surface area contributed by atoms with Crippen LogP contribution in [0, 0.1) is 0 Å². The molecule has 0 aromatic carbocycles. The highest BCUT2D eigenvalue weighted by molar-refractivity contribution is 5.80. The summed E-state index contributed by atoms with van der Waals surface area (Å²) in [6.07, 6.45) is 0.102. The zero-order valence-corrected chi connectivity index (χ0v) is 10.7. The first-order valence-corrected chi connectivity index (χ1v) is 5.74. The van der Waals surface area contributed by atoms with Crippen LogP contribution in [0.5, 0.6) is 0 Å². The summed E-state index contributed by atoms with van der Waals surface area (Å²) in [6, 6.07) is 0. The Morgan fingerprint density at radius 2 is 1.28 bits per heavy atom. The van der Waals surface area contributed by atoms with Gasteiger partial charge >= 0.3 is 5.97 Å². The van der Waals surface area contributed by atoms with E-state index in [9.17, 15) is 9.59 Å². The number of nitrogens with zero attached hydrogens (tertiary/aromatic N) is 1. The zero-order chi connectivity index (χ0) is 14.4. The number of Topliss-reactive ketones (excluding diaryl/α,β-unsaturated/α-hetero) is 1. The number of hydrogen-bond acceptors (Lipinski definition) is 6. The van der Waals surface area contributed by atoms with Gasteiger partial charge in [-0.25, -0.2) is 0 Å². The summed E-state index contributed by atoms with van der Waals surface area (Å²) in [4.78, 5) is 21.6. The third-order valence-corrected chi connectivity index (χ3v) is 1.94. The smallest absolute Gasteiger partial charge is 0.303 e. The number of carboxylic acids is 1. The van der Waals surface area contributed by atoms with Gasteiger partial charge in [-0.1, -0.05) is 0 Å². The maximum atomic E-state index is 10.1. The zero-order valence-electron chi connectivity index (χ0n) is 10.7. The van der Waals surface area contributed by atoms with Crippen LogP contribution >= 0.6 is 0 Å². The van der Waals surface area contributed by atoms with E-state index in [0.717, 1.165) is 0 Å². The lowest BCUT2D eigenvalue weighted by Gasteiger charge is -2.17. The number of carbonyl (C=O) groups is 2. The van der Waals surface area contributed by atoms with Crippen molar-refractivity contribution in [2.45, 2.75) is 19.8 Å². The lowest BCUT2D eigenvalue weighted by molar-refractivity contribution is -0.138. The van der Waals surface area contributed by atoms with Gasteiger partial charge in [-0.05, 0) is 6.92 Å².